The summed E-state index contributed by atoms with van der Waals surface area (Å²) in [7, 11) is 0. The Labute approximate surface area is 180 Å². The molecular weight excluding hydrogens is 378 g/mol. The van der Waals surface area contributed by atoms with Gasteiger partial charge in [-0.3, -0.25) is 4.79 Å². The van der Waals surface area contributed by atoms with Gasteiger partial charge in [-0.15, -0.1) is 0 Å². The summed E-state index contributed by atoms with van der Waals surface area (Å²) in [5, 5.41) is 33.8. The number of aliphatic hydroxyl groups is 3. The first kappa shape index (κ1) is 24.3. The molecule has 5 heteroatoms. The van der Waals surface area contributed by atoms with E-state index in [1.165, 1.54) is 5.56 Å². The van der Waals surface area contributed by atoms with Crippen LogP contribution in [0.25, 0.3) is 0 Å². The van der Waals surface area contributed by atoms with E-state index < -0.39 is 18.3 Å². The SMILES string of the molecule is CCNC(=O)CCC/C=C/C[C@@H]1[C@@H](/C=C/[C@H](O)CCc2ccccc2)[C@@H](O)C[C@H]1O. The maximum atomic E-state index is 11.4. The molecule has 166 valence electrons. The van der Waals surface area contributed by atoms with E-state index in [-0.39, 0.29) is 17.7 Å². The number of carbonyl (C=O) groups is 1. The van der Waals surface area contributed by atoms with Crippen LogP contribution in [0.3, 0.4) is 0 Å². The molecule has 1 aromatic carbocycles. The molecule has 1 aliphatic carbocycles. The molecule has 0 spiro atoms. The Hall–Kier alpha value is -1.95. The number of amides is 1. The van der Waals surface area contributed by atoms with E-state index in [2.05, 4.69) is 5.32 Å². The van der Waals surface area contributed by atoms with Gasteiger partial charge < -0.3 is 20.6 Å². The maximum absolute atomic E-state index is 11.4. The standard InChI is InChI=1S/C25H37NO4/c1-2-26-25(30)13-9-4-3-8-12-21-22(24(29)18-23(21)28)17-16-20(27)15-14-19-10-6-5-7-11-19/h3,5-8,10-11,16-17,20-24,27-29H,2,4,9,12-15,18H2,1H3,(H,26,30)/b8-3+,17-16+/t20-,21-,22-,23-,24+/m1/s1. The van der Waals surface area contributed by atoms with Crippen LogP contribution < -0.4 is 5.32 Å². The number of aliphatic hydroxyl groups excluding tert-OH is 3. The van der Waals surface area contributed by atoms with Gasteiger partial charge in [0.15, 0.2) is 0 Å². The Morgan fingerprint density at radius 1 is 1.20 bits per heavy atom. The average Bonchev–Trinajstić information content (AvgIpc) is 3.00. The molecule has 2 rings (SSSR count). The van der Waals surface area contributed by atoms with E-state index in [9.17, 15) is 20.1 Å². The predicted octanol–water partition coefficient (Wildman–Crippen LogP) is 3.15. The predicted molar refractivity (Wildman–Crippen MR) is 120 cm³/mol. The van der Waals surface area contributed by atoms with Gasteiger partial charge in [-0.1, -0.05) is 54.6 Å². The van der Waals surface area contributed by atoms with E-state index in [0.29, 0.717) is 32.2 Å². The second-order valence-corrected chi connectivity index (χ2v) is 8.14. The summed E-state index contributed by atoms with van der Waals surface area (Å²) in [6.07, 6.45) is 10.6. The second-order valence-electron chi connectivity index (χ2n) is 8.14. The van der Waals surface area contributed by atoms with Crippen molar-refractivity contribution in [2.45, 2.75) is 70.2 Å². The largest absolute Gasteiger partial charge is 0.393 e. The fourth-order valence-corrected chi connectivity index (χ4v) is 4.06. The first-order chi connectivity index (χ1) is 14.5. The Morgan fingerprint density at radius 3 is 2.70 bits per heavy atom. The molecule has 1 fully saturated rings. The van der Waals surface area contributed by atoms with E-state index in [1.54, 1.807) is 6.08 Å². The second kappa shape index (κ2) is 13.4. The molecule has 0 unspecified atom stereocenters. The van der Waals surface area contributed by atoms with Crippen LogP contribution in [0.15, 0.2) is 54.6 Å². The summed E-state index contributed by atoms with van der Waals surface area (Å²) < 4.78 is 0. The molecule has 0 aliphatic heterocycles. The highest BCUT2D eigenvalue weighted by Gasteiger charge is 2.39. The third-order valence-electron chi connectivity index (χ3n) is 5.77. The lowest BCUT2D eigenvalue weighted by Gasteiger charge is -2.19. The molecule has 5 atom stereocenters. The van der Waals surface area contributed by atoms with Crippen molar-refractivity contribution in [1.82, 2.24) is 5.32 Å². The van der Waals surface area contributed by atoms with Gasteiger partial charge in [0.2, 0.25) is 5.91 Å². The van der Waals surface area contributed by atoms with Crippen molar-refractivity contribution in [3.05, 3.63) is 60.2 Å². The lowest BCUT2D eigenvalue weighted by Crippen LogP contribution is -2.21. The van der Waals surface area contributed by atoms with Crippen LogP contribution in [0.4, 0.5) is 0 Å². The normalized spacial score (nSPS) is 25.2. The topological polar surface area (TPSA) is 89.8 Å². The number of allylic oxidation sites excluding steroid dienone is 2. The molecule has 0 saturated heterocycles. The lowest BCUT2D eigenvalue weighted by molar-refractivity contribution is -0.121. The van der Waals surface area contributed by atoms with Crippen LogP contribution in [-0.2, 0) is 11.2 Å². The van der Waals surface area contributed by atoms with Gasteiger partial charge in [-0.05, 0) is 50.5 Å². The van der Waals surface area contributed by atoms with E-state index in [0.717, 1.165) is 19.3 Å². The zero-order valence-corrected chi connectivity index (χ0v) is 18.0. The van der Waals surface area contributed by atoms with Gasteiger partial charge in [0.25, 0.3) is 0 Å². The van der Waals surface area contributed by atoms with Crippen molar-refractivity contribution >= 4 is 5.91 Å². The summed E-state index contributed by atoms with van der Waals surface area (Å²) in [5.41, 5.74) is 1.19. The Bertz CT molecular complexity index is 673. The highest BCUT2D eigenvalue weighted by molar-refractivity contribution is 5.75. The van der Waals surface area contributed by atoms with Crippen molar-refractivity contribution in [3.8, 4) is 0 Å². The Balaban J connectivity index is 1.78. The number of aryl methyl sites for hydroxylation is 1. The summed E-state index contributed by atoms with van der Waals surface area (Å²) in [6, 6.07) is 10.1. The van der Waals surface area contributed by atoms with Crippen LogP contribution in [0, 0.1) is 11.8 Å². The minimum absolute atomic E-state index is 0.0581. The quantitative estimate of drug-likeness (QED) is 0.312. The average molecular weight is 416 g/mol. The number of carbonyl (C=O) groups excluding carboxylic acids is 1. The molecule has 1 saturated carbocycles. The van der Waals surface area contributed by atoms with Gasteiger partial charge in [0, 0.05) is 25.3 Å². The number of unbranched alkanes of at least 4 members (excludes halogenated alkanes) is 1. The fourth-order valence-electron chi connectivity index (χ4n) is 4.06. The summed E-state index contributed by atoms with van der Waals surface area (Å²) in [6.45, 7) is 2.57. The first-order valence-corrected chi connectivity index (χ1v) is 11.2. The smallest absolute Gasteiger partial charge is 0.219 e. The first-order valence-electron chi connectivity index (χ1n) is 11.2. The summed E-state index contributed by atoms with van der Waals surface area (Å²) >= 11 is 0. The van der Waals surface area contributed by atoms with Crippen LogP contribution in [0.1, 0.15) is 51.0 Å². The zero-order chi connectivity index (χ0) is 21.8. The Kier molecular flexibility index (Phi) is 10.8. The molecule has 0 radical (unpaired) electrons. The lowest BCUT2D eigenvalue weighted by atomic mass is 9.89. The summed E-state index contributed by atoms with van der Waals surface area (Å²) in [4.78, 5) is 11.4. The van der Waals surface area contributed by atoms with Crippen molar-refractivity contribution in [1.29, 1.82) is 0 Å². The molecule has 1 aliphatic rings. The molecule has 0 heterocycles. The minimum atomic E-state index is -0.589. The van der Waals surface area contributed by atoms with Gasteiger partial charge in [0.05, 0.1) is 18.3 Å². The van der Waals surface area contributed by atoms with Gasteiger partial charge in [-0.2, -0.15) is 0 Å². The van der Waals surface area contributed by atoms with E-state index in [1.807, 2.05) is 55.5 Å². The van der Waals surface area contributed by atoms with Crippen molar-refractivity contribution in [2.75, 3.05) is 6.54 Å². The van der Waals surface area contributed by atoms with E-state index in [4.69, 9.17) is 0 Å². The van der Waals surface area contributed by atoms with Crippen LogP contribution >= 0.6 is 0 Å². The molecule has 0 aromatic heterocycles. The highest BCUT2D eigenvalue weighted by Crippen LogP contribution is 2.36. The molecule has 1 aromatic rings. The third-order valence-corrected chi connectivity index (χ3v) is 5.77. The molecule has 30 heavy (non-hydrogen) atoms. The maximum Gasteiger partial charge on any atom is 0.219 e. The zero-order valence-electron chi connectivity index (χ0n) is 18.0. The van der Waals surface area contributed by atoms with Crippen molar-refractivity contribution in [2.24, 2.45) is 11.8 Å². The molecular formula is C25H37NO4. The fraction of sp³-hybridized carbons (Fsp3) is 0.560. The number of nitrogens with one attached hydrogen (secondary N) is 1. The number of benzene rings is 1. The third kappa shape index (κ3) is 8.42. The van der Waals surface area contributed by atoms with Gasteiger partial charge in [-0.25, -0.2) is 0 Å². The number of hydrogen-bond donors (Lipinski definition) is 4. The van der Waals surface area contributed by atoms with Gasteiger partial charge in [0.1, 0.15) is 0 Å². The monoisotopic (exact) mass is 415 g/mol. The van der Waals surface area contributed by atoms with Crippen molar-refractivity contribution in [3.63, 3.8) is 0 Å². The van der Waals surface area contributed by atoms with Gasteiger partial charge >= 0.3 is 0 Å². The van der Waals surface area contributed by atoms with Crippen LogP contribution in [-0.4, -0.2) is 46.1 Å². The molecule has 1 amide bonds. The van der Waals surface area contributed by atoms with Crippen LogP contribution in [0.2, 0.25) is 0 Å². The van der Waals surface area contributed by atoms with Crippen molar-refractivity contribution < 1.29 is 20.1 Å². The van der Waals surface area contributed by atoms with E-state index >= 15 is 0 Å². The number of hydrogen-bond acceptors (Lipinski definition) is 4. The number of rotatable bonds is 12. The van der Waals surface area contributed by atoms with Crippen LogP contribution in [0.5, 0.6) is 0 Å². The minimum Gasteiger partial charge on any atom is -0.393 e. The molecule has 0 bridgehead atoms. The highest BCUT2D eigenvalue weighted by atomic mass is 16.3. The summed E-state index contributed by atoms with van der Waals surface area (Å²) in [5.74, 6) is -0.139. The Morgan fingerprint density at radius 2 is 1.97 bits per heavy atom. The molecule has 5 nitrogen and oxygen atoms in total. The molecule has 4 N–H and O–H groups in total.